The van der Waals surface area contributed by atoms with Gasteiger partial charge in [0.25, 0.3) is 15.9 Å². The fourth-order valence-electron chi connectivity index (χ4n) is 4.31. The first-order valence-electron chi connectivity index (χ1n) is 11.6. The highest BCUT2D eigenvalue weighted by molar-refractivity contribution is 7.92. The van der Waals surface area contributed by atoms with Gasteiger partial charge in [-0.1, -0.05) is 24.3 Å². The number of methoxy groups -OCH3 is 1. The van der Waals surface area contributed by atoms with Gasteiger partial charge in [-0.25, -0.2) is 13.2 Å². The molecule has 0 aromatic heterocycles. The molecule has 1 amide bonds. The number of rotatable bonds is 8. The number of esters is 1. The zero-order chi connectivity index (χ0) is 27.6. The van der Waals surface area contributed by atoms with E-state index in [1.165, 1.54) is 47.8 Å². The Bertz CT molecular complexity index is 1540. The van der Waals surface area contributed by atoms with E-state index in [2.05, 4.69) is 5.32 Å². The molecule has 1 aliphatic heterocycles. The summed E-state index contributed by atoms with van der Waals surface area (Å²) in [6.07, 6.45) is 0.576. The normalized spacial score (nSPS) is 14.5. The van der Waals surface area contributed by atoms with Gasteiger partial charge in [0.1, 0.15) is 0 Å². The number of para-hydroxylation sites is 1. The van der Waals surface area contributed by atoms with Gasteiger partial charge in [-0.3, -0.25) is 19.2 Å². The fourth-order valence-corrected chi connectivity index (χ4v) is 6.05. The Morgan fingerprint density at radius 3 is 2.58 bits per heavy atom. The number of aryl methyl sites for hydroxylation is 1. The van der Waals surface area contributed by atoms with Gasteiger partial charge >= 0.3 is 11.7 Å². The van der Waals surface area contributed by atoms with Crippen LogP contribution in [0.15, 0.2) is 65.6 Å². The number of nitro benzene ring substituents is 1. The monoisotopic (exact) mass is 539 g/mol. The van der Waals surface area contributed by atoms with Crippen molar-refractivity contribution < 1.29 is 32.4 Å². The number of carbonyl (C=O) groups is 2. The maximum absolute atomic E-state index is 13.5. The number of hydrogen-bond donors (Lipinski definition) is 1. The first-order valence-corrected chi connectivity index (χ1v) is 13.0. The van der Waals surface area contributed by atoms with Crippen molar-refractivity contribution in [2.24, 2.45) is 0 Å². The van der Waals surface area contributed by atoms with E-state index >= 15 is 0 Å². The maximum Gasteiger partial charge on any atom is 0.338 e. The summed E-state index contributed by atoms with van der Waals surface area (Å²) in [6, 6.07) is 15.0. The van der Waals surface area contributed by atoms with Crippen LogP contribution in [0.4, 0.5) is 17.1 Å². The molecule has 0 bridgehead atoms. The molecule has 0 saturated carbocycles. The molecule has 0 aliphatic carbocycles. The highest BCUT2D eigenvalue weighted by atomic mass is 32.2. The predicted octanol–water partition coefficient (Wildman–Crippen LogP) is 3.85. The van der Waals surface area contributed by atoms with Crippen LogP contribution in [0.1, 0.15) is 28.4 Å². The van der Waals surface area contributed by atoms with E-state index in [9.17, 15) is 28.1 Å². The Hall–Kier alpha value is -4.45. The molecule has 1 heterocycles. The van der Waals surface area contributed by atoms with Crippen molar-refractivity contribution in [2.75, 3.05) is 23.3 Å². The van der Waals surface area contributed by atoms with Gasteiger partial charge in [0.2, 0.25) is 0 Å². The van der Waals surface area contributed by atoms with E-state index in [1.807, 2.05) is 19.1 Å². The molecule has 0 fully saturated rings. The molecule has 1 N–H and O–H groups in total. The molecule has 1 aliphatic rings. The van der Waals surface area contributed by atoms with E-state index in [1.54, 1.807) is 19.1 Å². The zero-order valence-electron chi connectivity index (χ0n) is 20.8. The average Bonchev–Trinajstić information content (AvgIpc) is 3.24. The Morgan fingerprint density at radius 1 is 1.13 bits per heavy atom. The number of hydrogen-bond acceptors (Lipinski definition) is 8. The standard InChI is InChI=1S/C26H25N3O8S/c1-16-11-23(29(32)33)24(36-3)14-21(16)27-25(30)15-37-26(31)19-8-6-9-20(13-19)38(34,35)28-17(2)12-18-7-4-5-10-22(18)28/h4-11,13-14,17H,12,15H2,1-3H3,(H,27,30)/t17-/m0/s1. The molecule has 1 atom stereocenters. The number of nitro groups is 1. The highest BCUT2D eigenvalue weighted by Crippen LogP contribution is 2.36. The van der Waals surface area contributed by atoms with Gasteiger partial charge in [-0.15, -0.1) is 0 Å². The maximum atomic E-state index is 13.5. The minimum absolute atomic E-state index is 0.0350. The molecule has 0 radical (unpaired) electrons. The Kier molecular flexibility index (Phi) is 7.35. The van der Waals surface area contributed by atoms with Crippen LogP contribution in [-0.4, -0.2) is 45.0 Å². The molecular weight excluding hydrogens is 514 g/mol. The van der Waals surface area contributed by atoms with E-state index in [4.69, 9.17) is 9.47 Å². The van der Waals surface area contributed by atoms with Crippen LogP contribution in [0.3, 0.4) is 0 Å². The van der Waals surface area contributed by atoms with Crippen molar-refractivity contribution in [3.8, 4) is 5.75 Å². The summed E-state index contributed by atoms with van der Waals surface area (Å²) in [5, 5.41) is 13.7. The third-order valence-corrected chi connectivity index (χ3v) is 8.03. The van der Waals surface area contributed by atoms with E-state index in [-0.39, 0.29) is 33.6 Å². The van der Waals surface area contributed by atoms with Gasteiger partial charge in [0, 0.05) is 23.9 Å². The largest absolute Gasteiger partial charge is 0.490 e. The Balaban J connectivity index is 1.46. The van der Waals surface area contributed by atoms with Crippen LogP contribution in [0.5, 0.6) is 5.75 Å². The molecule has 0 unspecified atom stereocenters. The summed E-state index contributed by atoms with van der Waals surface area (Å²) < 4.78 is 38.4. The van der Waals surface area contributed by atoms with Gasteiger partial charge in [0.15, 0.2) is 12.4 Å². The van der Waals surface area contributed by atoms with Crippen molar-refractivity contribution in [3.05, 3.63) is 87.5 Å². The number of carbonyl (C=O) groups excluding carboxylic acids is 2. The Labute approximate surface area is 219 Å². The first-order chi connectivity index (χ1) is 18.0. The molecule has 4 rings (SSSR count). The number of amides is 1. The van der Waals surface area contributed by atoms with Crippen molar-refractivity contribution in [1.29, 1.82) is 0 Å². The van der Waals surface area contributed by atoms with Crippen LogP contribution in [0, 0.1) is 17.0 Å². The second-order valence-electron chi connectivity index (χ2n) is 8.73. The van der Waals surface area contributed by atoms with E-state index < -0.39 is 33.4 Å². The predicted molar refractivity (Wildman–Crippen MR) is 139 cm³/mol. The quantitative estimate of drug-likeness (QED) is 0.258. The summed E-state index contributed by atoms with van der Waals surface area (Å²) in [6.45, 7) is 2.72. The van der Waals surface area contributed by atoms with Gasteiger partial charge in [-0.05, 0) is 55.7 Å². The molecule has 0 spiro atoms. The summed E-state index contributed by atoms with van der Waals surface area (Å²) >= 11 is 0. The van der Waals surface area contributed by atoms with Crippen LogP contribution in [-0.2, 0) is 26.0 Å². The highest BCUT2D eigenvalue weighted by Gasteiger charge is 2.36. The van der Waals surface area contributed by atoms with E-state index in [0.717, 1.165) is 5.56 Å². The third-order valence-electron chi connectivity index (χ3n) is 6.10. The van der Waals surface area contributed by atoms with Crippen LogP contribution >= 0.6 is 0 Å². The van der Waals surface area contributed by atoms with Gasteiger partial charge in [-0.2, -0.15) is 0 Å². The SMILES string of the molecule is COc1cc(NC(=O)COC(=O)c2cccc(S(=O)(=O)N3c4ccccc4C[C@@H]3C)c2)c(C)cc1[N+](=O)[O-]. The lowest BCUT2D eigenvalue weighted by Gasteiger charge is -2.24. The van der Waals surface area contributed by atoms with Crippen LogP contribution < -0.4 is 14.4 Å². The number of nitrogens with one attached hydrogen (secondary N) is 1. The topological polar surface area (TPSA) is 145 Å². The van der Waals surface area contributed by atoms with Crippen molar-refractivity contribution in [2.45, 2.75) is 31.2 Å². The number of fused-ring (bicyclic) bond motifs is 1. The van der Waals surface area contributed by atoms with Gasteiger partial charge < -0.3 is 14.8 Å². The fraction of sp³-hybridized carbons (Fsp3) is 0.231. The molecule has 198 valence electrons. The zero-order valence-corrected chi connectivity index (χ0v) is 21.7. The molecule has 11 nitrogen and oxygen atoms in total. The minimum Gasteiger partial charge on any atom is -0.490 e. The number of benzene rings is 3. The third kappa shape index (κ3) is 5.16. The van der Waals surface area contributed by atoms with Crippen LogP contribution in [0.2, 0.25) is 0 Å². The smallest absolute Gasteiger partial charge is 0.338 e. The lowest BCUT2D eigenvalue weighted by Crippen LogP contribution is -2.35. The number of nitrogens with zero attached hydrogens (tertiary/aromatic N) is 2. The lowest BCUT2D eigenvalue weighted by atomic mass is 10.1. The minimum atomic E-state index is -3.96. The molecule has 3 aromatic rings. The molecule has 0 saturated heterocycles. The molecule has 12 heteroatoms. The van der Waals surface area contributed by atoms with Crippen molar-refractivity contribution in [1.82, 2.24) is 0 Å². The lowest BCUT2D eigenvalue weighted by molar-refractivity contribution is -0.385. The van der Waals surface area contributed by atoms with Crippen molar-refractivity contribution >= 4 is 39.0 Å². The summed E-state index contributed by atoms with van der Waals surface area (Å²) in [7, 11) is -2.70. The number of anilines is 2. The first kappa shape index (κ1) is 26.6. The average molecular weight is 540 g/mol. The van der Waals surface area contributed by atoms with E-state index in [0.29, 0.717) is 17.7 Å². The summed E-state index contributed by atoms with van der Waals surface area (Å²) in [4.78, 5) is 35.5. The molecular formula is C26H25N3O8S. The molecule has 38 heavy (non-hydrogen) atoms. The van der Waals surface area contributed by atoms with Crippen LogP contribution in [0.25, 0.3) is 0 Å². The Morgan fingerprint density at radius 2 is 1.87 bits per heavy atom. The summed E-state index contributed by atoms with van der Waals surface area (Å²) in [5.41, 5.74) is 1.89. The second kappa shape index (κ2) is 10.5. The number of ether oxygens (including phenoxy) is 2. The van der Waals surface area contributed by atoms with Gasteiger partial charge in [0.05, 0.1) is 28.2 Å². The second-order valence-corrected chi connectivity index (χ2v) is 10.5. The van der Waals surface area contributed by atoms with Crippen molar-refractivity contribution in [3.63, 3.8) is 0 Å². The number of sulfonamides is 1. The molecule has 3 aromatic carbocycles. The summed E-state index contributed by atoms with van der Waals surface area (Å²) in [5.74, 6) is -1.62.